The van der Waals surface area contributed by atoms with E-state index in [4.69, 9.17) is 0 Å². The minimum absolute atomic E-state index is 0.00979. The number of hydrogen-bond acceptors (Lipinski definition) is 5. The van der Waals surface area contributed by atoms with Crippen molar-refractivity contribution >= 4 is 0 Å². The molecule has 0 fully saturated rings. The molecule has 3 aromatic heterocycles. The number of aromatic nitrogens is 7. The van der Waals surface area contributed by atoms with Gasteiger partial charge in [0, 0.05) is 36.3 Å². The van der Waals surface area contributed by atoms with Gasteiger partial charge in [0.1, 0.15) is 0 Å². The minimum atomic E-state index is -0.00979. The number of nitrogens with one attached hydrogen (secondary N) is 1. The van der Waals surface area contributed by atoms with E-state index >= 15 is 0 Å². The molecule has 1 aromatic carbocycles. The largest absolute Gasteiger partial charge is 0.328 e. The van der Waals surface area contributed by atoms with E-state index in [0.717, 1.165) is 47.3 Å². The van der Waals surface area contributed by atoms with Crippen molar-refractivity contribution in [3.63, 3.8) is 0 Å². The molecule has 3 heterocycles. The molecule has 1 N–H and O–H groups in total. The number of rotatable bonds is 7. The van der Waals surface area contributed by atoms with Crippen LogP contribution in [0.4, 0.5) is 0 Å². The maximum absolute atomic E-state index is 12.5. The molecule has 0 saturated heterocycles. The Morgan fingerprint density at radius 2 is 1.93 bits per heavy atom. The van der Waals surface area contributed by atoms with Gasteiger partial charge in [0.25, 0.3) is 0 Å². The predicted molar refractivity (Wildman–Crippen MR) is 110 cm³/mol. The standard InChI is InChI=1S/C21H23N7O/c1-3-4-7-17-14-27(2)21(29)28(17)13-16-11-10-15(12-22-16)18-8-5-6-9-19(18)20-23-25-26-24-20/h5-6,8-12,14H,3-4,7,13H2,1-2H3,(H,23,24,25,26). The quantitative estimate of drug-likeness (QED) is 0.524. The van der Waals surface area contributed by atoms with Gasteiger partial charge in [-0.2, -0.15) is 5.21 Å². The summed E-state index contributed by atoms with van der Waals surface area (Å²) in [5.41, 5.74) is 4.71. The third-order valence-electron chi connectivity index (χ3n) is 4.98. The Bertz CT molecular complexity index is 1140. The van der Waals surface area contributed by atoms with E-state index in [2.05, 4.69) is 32.5 Å². The smallest absolute Gasteiger partial charge is 0.302 e. The molecule has 0 bridgehead atoms. The zero-order valence-corrected chi connectivity index (χ0v) is 16.5. The summed E-state index contributed by atoms with van der Waals surface area (Å²) in [6, 6.07) is 11.9. The van der Waals surface area contributed by atoms with Crippen LogP contribution >= 0.6 is 0 Å². The van der Waals surface area contributed by atoms with Gasteiger partial charge in [-0.3, -0.25) is 9.55 Å². The van der Waals surface area contributed by atoms with Crippen molar-refractivity contribution in [1.29, 1.82) is 0 Å². The molecular formula is C21H23N7O. The first-order chi connectivity index (χ1) is 14.2. The molecule has 0 spiro atoms. The fourth-order valence-electron chi connectivity index (χ4n) is 3.43. The molecule has 0 atom stereocenters. The summed E-state index contributed by atoms with van der Waals surface area (Å²) in [6.45, 7) is 2.61. The van der Waals surface area contributed by atoms with E-state index < -0.39 is 0 Å². The van der Waals surface area contributed by atoms with E-state index in [1.54, 1.807) is 11.6 Å². The maximum atomic E-state index is 12.5. The number of tetrazole rings is 1. The lowest BCUT2D eigenvalue weighted by atomic mass is 10.0. The molecule has 0 unspecified atom stereocenters. The Hall–Kier alpha value is -3.55. The van der Waals surface area contributed by atoms with Gasteiger partial charge in [-0.05, 0) is 29.7 Å². The maximum Gasteiger partial charge on any atom is 0.328 e. The summed E-state index contributed by atoms with van der Waals surface area (Å²) in [5.74, 6) is 0.543. The van der Waals surface area contributed by atoms with Crippen LogP contribution in [0.5, 0.6) is 0 Å². The molecule has 8 nitrogen and oxygen atoms in total. The van der Waals surface area contributed by atoms with Crippen LogP contribution in [0.2, 0.25) is 0 Å². The van der Waals surface area contributed by atoms with E-state index in [-0.39, 0.29) is 5.69 Å². The summed E-state index contributed by atoms with van der Waals surface area (Å²) in [6.07, 6.45) is 6.79. The number of nitrogens with zero attached hydrogens (tertiary/aromatic N) is 6. The van der Waals surface area contributed by atoms with Gasteiger partial charge < -0.3 is 4.57 Å². The lowest BCUT2D eigenvalue weighted by Gasteiger charge is -2.09. The second-order valence-electron chi connectivity index (χ2n) is 7.02. The van der Waals surface area contributed by atoms with Crippen molar-refractivity contribution < 1.29 is 0 Å². The SMILES string of the molecule is CCCCc1cn(C)c(=O)n1Cc1ccc(-c2ccccc2-c2nn[nH]n2)cn1. The fraction of sp³-hybridized carbons (Fsp3) is 0.286. The highest BCUT2D eigenvalue weighted by molar-refractivity contribution is 5.79. The molecule has 0 saturated carbocycles. The highest BCUT2D eigenvalue weighted by Crippen LogP contribution is 2.29. The molecule has 148 valence electrons. The van der Waals surface area contributed by atoms with E-state index in [9.17, 15) is 4.79 Å². The van der Waals surface area contributed by atoms with Gasteiger partial charge in [-0.25, -0.2) is 4.79 Å². The van der Waals surface area contributed by atoms with Crippen molar-refractivity contribution in [2.45, 2.75) is 32.7 Å². The average molecular weight is 389 g/mol. The molecule has 0 aliphatic heterocycles. The van der Waals surface area contributed by atoms with E-state index in [1.807, 2.05) is 53.4 Å². The molecule has 0 radical (unpaired) electrons. The number of aryl methyl sites for hydroxylation is 2. The highest BCUT2D eigenvalue weighted by Gasteiger charge is 2.13. The minimum Gasteiger partial charge on any atom is -0.302 e. The summed E-state index contributed by atoms with van der Waals surface area (Å²) in [4.78, 5) is 17.1. The fourth-order valence-corrected chi connectivity index (χ4v) is 3.43. The van der Waals surface area contributed by atoms with Crippen LogP contribution in [-0.4, -0.2) is 34.7 Å². The average Bonchev–Trinajstić information content (AvgIpc) is 3.37. The Balaban J connectivity index is 1.62. The van der Waals surface area contributed by atoms with Crippen LogP contribution in [0.15, 0.2) is 53.6 Å². The van der Waals surface area contributed by atoms with E-state index in [0.29, 0.717) is 12.4 Å². The third kappa shape index (κ3) is 3.87. The summed E-state index contributed by atoms with van der Waals surface area (Å²) in [7, 11) is 1.79. The summed E-state index contributed by atoms with van der Waals surface area (Å²) >= 11 is 0. The van der Waals surface area contributed by atoms with Crippen molar-refractivity contribution in [2.75, 3.05) is 0 Å². The van der Waals surface area contributed by atoms with Gasteiger partial charge in [0.2, 0.25) is 5.82 Å². The normalized spacial score (nSPS) is 11.1. The first-order valence-corrected chi connectivity index (χ1v) is 9.70. The number of H-pyrrole nitrogens is 1. The number of unbranched alkanes of at least 4 members (excludes halogenated alkanes) is 1. The Morgan fingerprint density at radius 1 is 1.10 bits per heavy atom. The molecule has 29 heavy (non-hydrogen) atoms. The van der Waals surface area contributed by atoms with Crippen LogP contribution in [0.25, 0.3) is 22.5 Å². The number of benzene rings is 1. The summed E-state index contributed by atoms with van der Waals surface area (Å²) in [5, 5.41) is 14.3. The summed E-state index contributed by atoms with van der Waals surface area (Å²) < 4.78 is 3.45. The Labute approximate surface area is 168 Å². The predicted octanol–water partition coefficient (Wildman–Crippen LogP) is 2.82. The van der Waals surface area contributed by atoms with Gasteiger partial charge in [0.15, 0.2) is 0 Å². The Morgan fingerprint density at radius 3 is 2.62 bits per heavy atom. The van der Waals surface area contributed by atoms with Gasteiger partial charge >= 0.3 is 5.69 Å². The molecule has 0 amide bonds. The molecule has 4 aromatic rings. The number of aromatic amines is 1. The van der Waals surface area contributed by atoms with Crippen LogP contribution in [-0.2, 0) is 20.0 Å². The molecule has 4 rings (SSSR count). The van der Waals surface area contributed by atoms with Gasteiger partial charge in [-0.1, -0.05) is 43.7 Å². The zero-order chi connectivity index (χ0) is 20.2. The van der Waals surface area contributed by atoms with Crippen molar-refractivity contribution in [3.8, 4) is 22.5 Å². The van der Waals surface area contributed by atoms with Gasteiger partial charge in [-0.15, -0.1) is 10.2 Å². The van der Waals surface area contributed by atoms with Gasteiger partial charge in [0.05, 0.1) is 12.2 Å². The molecule has 0 aliphatic rings. The topological polar surface area (TPSA) is 94.3 Å². The number of pyridine rings is 1. The van der Waals surface area contributed by atoms with Crippen LogP contribution in [0.1, 0.15) is 31.2 Å². The lowest BCUT2D eigenvalue weighted by molar-refractivity contribution is 0.658. The second kappa shape index (κ2) is 8.22. The monoisotopic (exact) mass is 389 g/mol. The van der Waals surface area contributed by atoms with Crippen molar-refractivity contribution in [1.82, 2.24) is 34.7 Å². The second-order valence-corrected chi connectivity index (χ2v) is 7.02. The zero-order valence-electron chi connectivity index (χ0n) is 16.5. The van der Waals surface area contributed by atoms with Crippen LogP contribution in [0, 0.1) is 0 Å². The van der Waals surface area contributed by atoms with Crippen LogP contribution < -0.4 is 5.69 Å². The van der Waals surface area contributed by atoms with Crippen molar-refractivity contribution in [3.05, 3.63) is 70.7 Å². The Kier molecular flexibility index (Phi) is 5.33. The van der Waals surface area contributed by atoms with Crippen LogP contribution in [0.3, 0.4) is 0 Å². The molecule has 0 aliphatic carbocycles. The first kappa shape index (κ1) is 18.8. The number of imidazole rings is 1. The van der Waals surface area contributed by atoms with E-state index in [1.165, 1.54) is 0 Å². The molecular weight excluding hydrogens is 366 g/mol. The third-order valence-corrected chi connectivity index (χ3v) is 4.98. The van der Waals surface area contributed by atoms with Crippen molar-refractivity contribution in [2.24, 2.45) is 7.05 Å². The first-order valence-electron chi connectivity index (χ1n) is 9.70. The number of hydrogen-bond donors (Lipinski definition) is 1. The highest BCUT2D eigenvalue weighted by atomic mass is 16.1. The lowest BCUT2D eigenvalue weighted by Crippen LogP contribution is -2.24. The molecule has 8 heteroatoms.